The number of rotatable bonds is 4. The van der Waals surface area contributed by atoms with Crippen LogP contribution in [0.15, 0.2) is 52.4 Å². The number of thiophene rings is 1. The summed E-state index contributed by atoms with van der Waals surface area (Å²) >= 11 is 1.55. The first-order chi connectivity index (χ1) is 15.4. The van der Waals surface area contributed by atoms with E-state index in [2.05, 4.69) is 20.6 Å². The molecule has 0 fully saturated rings. The Morgan fingerprint density at radius 1 is 1.06 bits per heavy atom. The molecule has 0 aliphatic rings. The molecule has 4 heterocycles. The zero-order chi connectivity index (χ0) is 22.4. The van der Waals surface area contributed by atoms with Crippen LogP contribution in [0.2, 0.25) is 0 Å². The first-order valence-corrected chi connectivity index (χ1v) is 11.1. The van der Waals surface area contributed by atoms with Gasteiger partial charge in [-0.2, -0.15) is 5.10 Å². The van der Waals surface area contributed by atoms with E-state index in [1.54, 1.807) is 24.3 Å². The number of benzene rings is 1. The summed E-state index contributed by atoms with van der Waals surface area (Å²) < 4.78 is 7.24. The molecule has 0 radical (unpaired) electrons. The smallest absolute Gasteiger partial charge is 0.259 e. The number of anilines is 1. The molecule has 1 N–H and O–H groups in total. The van der Waals surface area contributed by atoms with Crippen LogP contribution in [0.1, 0.15) is 33.0 Å². The first kappa shape index (κ1) is 20.1. The van der Waals surface area contributed by atoms with E-state index in [-0.39, 0.29) is 5.91 Å². The van der Waals surface area contributed by atoms with Crippen molar-refractivity contribution in [1.29, 1.82) is 0 Å². The van der Waals surface area contributed by atoms with Crippen LogP contribution in [-0.2, 0) is 0 Å². The minimum Gasteiger partial charge on any atom is -0.335 e. The Hall–Kier alpha value is -3.78. The lowest BCUT2D eigenvalue weighted by Gasteiger charge is -2.09. The Labute approximate surface area is 188 Å². The lowest BCUT2D eigenvalue weighted by molar-refractivity contribution is 0.102. The van der Waals surface area contributed by atoms with E-state index in [4.69, 9.17) is 4.52 Å². The maximum Gasteiger partial charge on any atom is 0.259 e. The minimum absolute atomic E-state index is 0.254. The summed E-state index contributed by atoms with van der Waals surface area (Å²) in [6.07, 6.45) is 0. The Morgan fingerprint density at radius 2 is 1.84 bits per heavy atom. The van der Waals surface area contributed by atoms with Gasteiger partial charge in [0.05, 0.1) is 50.0 Å². The molecular formula is C24H21N5O2S. The second-order valence-corrected chi connectivity index (χ2v) is 8.68. The van der Waals surface area contributed by atoms with Crippen LogP contribution in [-0.4, -0.2) is 25.8 Å². The van der Waals surface area contributed by atoms with Crippen LogP contribution in [0.4, 0.5) is 5.69 Å². The molecule has 160 valence electrons. The van der Waals surface area contributed by atoms with Gasteiger partial charge >= 0.3 is 0 Å². The first-order valence-electron chi connectivity index (χ1n) is 10.2. The number of carbonyl (C=O) groups is 1. The molecule has 0 aliphatic carbocycles. The van der Waals surface area contributed by atoms with E-state index < -0.39 is 0 Å². The monoisotopic (exact) mass is 443 g/mol. The van der Waals surface area contributed by atoms with Gasteiger partial charge in [-0.3, -0.25) is 4.79 Å². The average molecular weight is 444 g/mol. The van der Waals surface area contributed by atoms with E-state index in [1.165, 1.54) is 5.56 Å². The molecule has 0 unspecified atom stereocenters. The predicted octanol–water partition coefficient (Wildman–Crippen LogP) is 5.62. The Balaban J connectivity index is 1.56. The van der Waals surface area contributed by atoms with Crippen LogP contribution < -0.4 is 5.32 Å². The van der Waals surface area contributed by atoms with E-state index >= 15 is 0 Å². The number of aryl methyl sites for hydroxylation is 3. The van der Waals surface area contributed by atoms with Gasteiger partial charge in [0.25, 0.3) is 11.6 Å². The third-order valence-corrected chi connectivity index (χ3v) is 6.34. The van der Waals surface area contributed by atoms with Gasteiger partial charge in [-0.15, -0.1) is 11.3 Å². The van der Waals surface area contributed by atoms with Crippen molar-refractivity contribution in [2.75, 3.05) is 5.32 Å². The van der Waals surface area contributed by atoms with Crippen LogP contribution >= 0.6 is 11.3 Å². The molecule has 5 aromatic rings. The van der Waals surface area contributed by atoms with Crippen LogP contribution in [0, 0.1) is 27.7 Å². The lowest BCUT2D eigenvalue weighted by atomic mass is 10.1. The van der Waals surface area contributed by atoms with Crippen LogP contribution in [0.25, 0.3) is 27.4 Å². The topological polar surface area (TPSA) is 85.8 Å². The molecule has 0 saturated heterocycles. The van der Waals surface area contributed by atoms with Crippen molar-refractivity contribution < 1.29 is 9.32 Å². The molecular weight excluding hydrogens is 422 g/mol. The second-order valence-electron chi connectivity index (χ2n) is 7.73. The number of hydrogen-bond acceptors (Lipinski definition) is 6. The molecule has 0 spiro atoms. The molecule has 0 aliphatic heterocycles. The fraction of sp³-hybridized carbons (Fsp3) is 0.167. The average Bonchev–Trinajstić information content (AvgIpc) is 3.51. The van der Waals surface area contributed by atoms with Crippen LogP contribution in [0.3, 0.4) is 0 Å². The number of fused-ring (bicyclic) bond motifs is 1. The highest BCUT2D eigenvalue weighted by Gasteiger charge is 2.22. The van der Waals surface area contributed by atoms with Gasteiger partial charge in [0, 0.05) is 0 Å². The molecule has 1 amide bonds. The van der Waals surface area contributed by atoms with Gasteiger partial charge in [0.1, 0.15) is 0 Å². The number of pyridine rings is 1. The lowest BCUT2D eigenvalue weighted by Crippen LogP contribution is -2.14. The molecule has 8 heteroatoms. The van der Waals surface area contributed by atoms with E-state index in [1.807, 2.05) is 67.2 Å². The van der Waals surface area contributed by atoms with Gasteiger partial charge in [-0.25, -0.2) is 9.67 Å². The number of carbonyl (C=O) groups excluding carboxylic acids is 1. The zero-order valence-corrected chi connectivity index (χ0v) is 18.9. The summed E-state index contributed by atoms with van der Waals surface area (Å²) in [5.74, 6) is -0.254. The van der Waals surface area contributed by atoms with Gasteiger partial charge in [0.15, 0.2) is 0 Å². The van der Waals surface area contributed by atoms with Crippen molar-refractivity contribution in [1.82, 2.24) is 19.9 Å². The maximum absolute atomic E-state index is 13.5. The minimum atomic E-state index is -0.254. The van der Waals surface area contributed by atoms with Crippen LogP contribution in [0.5, 0.6) is 0 Å². The summed E-state index contributed by atoms with van der Waals surface area (Å²) in [5, 5.41) is 14.3. The van der Waals surface area contributed by atoms with Crippen molar-refractivity contribution in [2.24, 2.45) is 0 Å². The Morgan fingerprint density at radius 3 is 2.56 bits per heavy atom. The van der Waals surface area contributed by atoms with Crippen molar-refractivity contribution >= 4 is 34.0 Å². The van der Waals surface area contributed by atoms with Gasteiger partial charge in [0.2, 0.25) is 0 Å². The quantitative estimate of drug-likeness (QED) is 0.389. The van der Waals surface area contributed by atoms with Crippen molar-refractivity contribution in [2.45, 2.75) is 27.7 Å². The highest BCUT2D eigenvalue weighted by atomic mass is 32.1. The third kappa shape index (κ3) is 3.38. The zero-order valence-electron chi connectivity index (χ0n) is 18.1. The van der Waals surface area contributed by atoms with Crippen molar-refractivity contribution in [3.8, 4) is 16.3 Å². The largest absolute Gasteiger partial charge is 0.335 e. The highest BCUT2D eigenvalue weighted by molar-refractivity contribution is 7.13. The second kappa shape index (κ2) is 7.72. The summed E-state index contributed by atoms with van der Waals surface area (Å²) in [4.78, 5) is 19.0. The number of hydrogen-bond donors (Lipinski definition) is 1. The van der Waals surface area contributed by atoms with Gasteiger partial charge in [-0.05, 0) is 57.3 Å². The van der Waals surface area contributed by atoms with E-state index in [0.29, 0.717) is 33.7 Å². The summed E-state index contributed by atoms with van der Waals surface area (Å²) in [6.45, 7) is 7.68. The molecule has 0 saturated carbocycles. The standard InChI is InChI=1S/C24H21N5O2S/c1-13-7-9-17(10-8-13)29-16(4)22(15(3)27-29)26-23(30)18-12-19(20-6-5-11-32-20)25-24-21(18)14(2)28-31-24/h5-12H,1-4H3,(H,26,30). The summed E-state index contributed by atoms with van der Waals surface area (Å²) in [6, 6.07) is 13.8. The van der Waals surface area contributed by atoms with Crippen molar-refractivity contribution in [3.05, 3.63) is 76.1 Å². The number of amides is 1. The van der Waals surface area contributed by atoms with Gasteiger partial charge in [-0.1, -0.05) is 28.9 Å². The fourth-order valence-electron chi connectivity index (χ4n) is 3.77. The number of aromatic nitrogens is 4. The summed E-state index contributed by atoms with van der Waals surface area (Å²) in [7, 11) is 0. The number of nitrogens with one attached hydrogen (secondary N) is 1. The molecule has 0 atom stereocenters. The summed E-state index contributed by atoms with van der Waals surface area (Å²) in [5.41, 5.74) is 6.52. The Bertz CT molecular complexity index is 1450. The molecule has 7 nitrogen and oxygen atoms in total. The number of nitrogens with zero attached hydrogens (tertiary/aromatic N) is 4. The molecule has 5 rings (SSSR count). The SMILES string of the molecule is Cc1ccc(-n2nc(C)c(NC(=O)c3cc(-c4cccs4)nc4onc(C)c34)c2C)cc1. The van der Waals surface area contributed by atoms with E-state index in [9.17, 15) is 4.79 Å². The molecule has 1 aromatic carbocycles. The van der Waals surface area contributed by atoms with Crippen molar-refractivity contribution in [3.63, 3.8) is 0 Å². The highest BCUT2D eigenvalue weighted by Crippen LogP contribution is 2.31. The predicted molar refractivity (Wildman–Crippen MR) is 126 cm³/mol. The maximum atomic E-state index is 13.5. The molecule has 0 bridgehead atoms. The fourth-order valence-corrected chi connectivity index (χ4v) is 4.45. The normalized spacial score (nSPS) is 11.2. The Kier molecular flexibility index (Phi) is 4.86. The molecule has 4 aromatic heterocycles. The third-order valence-electron chi connectivity index (χ3n) is 5.44. The van der Waals surface area contributed by atoms with E-state index in [0.717, 1.165) is 22.0 Å². The molecule has 32 heavy (non-hydrogen) atoms. The van der Waals surface area contributed by atoms with Gasteiger partial charge < -0.3 is 9.84 Å².